The molecule has 3 N–H and O–H groups in total. The van der Waals surface area contributed by atoms with E-state index >= 15 is 0 Å². The first kappa shape index (κ1) is 18.3. The van der Waals surface area contributed by atoms with Crippen LogP contribution in [-0.4, -0.2) is 40.2 Å². The van der Waals surface area contributed by atoms with Gasteiger partial charge in [0.05, 0.1) is 16.1 Å². The van der Waals surface area contributed by atoms with E-state index < -0.39 is 16.9 Å². The van der Waals surface area contributed by atoms with Crippen molar-refractivity contribution in [2.75, 3.05) is 18.6 Å². The minimum atomic E-state index is -1.04. The predicted octanol–water partition coefficient (Wildman–Crippen LogP) is 2.79. The quantitative estimate of drug-likeness (QED) is 0.696. The van der Waals surface area contributed by atoms with Gasteiger partial charge in [-0.1, -0.05) is 27.5 Å². The molecule has 0 saturated carbocycles. The van der Waals surface area contributed by atoms with Crippen molar-refractivity contribution in [1.29, 1.82) is 0 Å². The second-order valence-electron chi connectivity index (χ2n) is 5.45. The number of aromatic nitrogens is 1. The maximum absolute atomic E-state index is 12.5. The standard InChI is InChI=1S/C15H16BrClN2O3S/c1-15(22,7-23-2)6-19-14(21)10-5-18-12-9(13(10)20)3-8(16)4-11(12)17/h3-5,22H,6-7H2,1-2H3,(H,18,20)(H,19,21)/t15-/m0/s1. The molecule has 0 fully saturated rings. The minimum absolute atomic E-state index is 0.0216. The van der Waals surface area contributed by atoms with E-state index in [0.717, 1.165) is 0 Å². The van der Waals surface area contributed by atoms with E-state index in [-0.39, 0.29) is 12.1 Å². The lowest BCUT2D eigenvalue weighted by atomic mass is 10.1. The second kappa shape index (κ2) is 7.25. The summed E-state index contributed by atoms with van der Waals surface area (Å²) in [6.07, 6.45) is 3.20. The molecule has 0 saturated heterocycles. The largest absolute Gasteiger partial charge is 0.387 e. The van der Waals surface area contributed by atoms with Gasteiger partial charge in [0.1, 0.15) is 5.56 Å². The van der Waals surface area contributed by atoms with Crippen molar-refractivity contribution in [3.05, 3.63) is 43.6 Å². The Balaban J connectivity index is 2.32. The van der Waals surface area contributed by atoms with E-state index in [0.29, 0.717) is 26.2 Å². The Morgan fingerprint density at radius 3 is 2.87 bits per heavy atom. The lowest BCUT2D eigenvalue weighted by Crippen LogP contribution is -2.43. The van der Waals surface area contributed by atoms with E-state index in [1.54, 1.807) is 19.1 Å². The van der Waals surface area contributed by atoms with E-state index in [4.69, 9.17) is 11.6 Å². The van der Waals surface area contributed by atoms with Crippen LogP contribution < -0.4 is 10.7 Å². The van der Waals surface area contributed by atoms with Gasteiger partial charge in [0, 0.05) is 28.4 Å². The summed E-state index contributed by atoms with van der Waals surface area (Å²) in [5.41, 5.74) is -0.994. The molecule has 0 unspecified atom stereocenters. The number of pyridine rings is 1. The molecule has 2 aromatic rings. The predicted molar refractivity (Wildman–Crippen MR) is 98.6 cm³/mol. The number of aliphatic hydroxyl groups is 1. The normalized spacial score (nSPS) is 13.8. The Bertz CT molecular complexity index is 807. The van der Waals surface area contributed by atoms with Gasteiger partial charge >= 0.3 is 0 Å². The molecular formula is C15H16BrClN2O3S. The Kier molecular flexibility index (Phi) is 5.78. The number of carbonyl (C=O) groups excluding carboxylic acids is 1. The third kappa shape index (κ3) is 4.29. The maximum Gasteiger partial charge on any atom is 0.256 e. The number of aromatic amines is 1. The molecule has 124 valence electrons. The van der Waals surface area contributed by atoms with Gasteiger partial charge in [0.15, 0.2) is 0 Å². The van der Waals surface area contributed by atoms with Gasteiger partial charge in [-0.3, -0.25) is 9.59 Å². The highest BCUT2D eigenvalue weighted by Crippen LogP contribution is 2.24. The lowest BCUT2D eigenvalue weighted by Gasteiger charge is -2.22. The Morgan fingerprint density at radius 1 is 1.52 bits per heavy atom. The van der Waals surface area contributed by atoms with Gasteiger partial charge in [-0.15, -0.1) is 0 Å². The van der Waals surface area contributed by atoms with Gasteiger partial charge in [-0.2, -0.15) is 11.8 Å². The molecule has 1 aromatic carbocycles. The fourth-order valence-corrected chi connectivity index (χ4v) is 3.74. The number of benzene rings is 1. The van der Waals surface area contributed by atoms with Crippen LogP contribution in [0.15, 0.2) is 27.6 Å². The molecule has 0 bridgehead atoms. The molecule has 1 heterocycles. The van der Waals surface area contributed by atoms with Crippen LogP contribution in [0.2, 0.25) is 5.02 Å². The summed E-state index contributed by atoms with van der Waals surface area (Å²) >= 11 is 10.8. The highest BCUT2D eigenvalue weighted by molar-refractivity contribution is 9.10. The first-order valence-electron chi connectivity index (χ1n) is 6.75. The average molecular weight is 420 g/mol. The highest BCUT2D eigenvalue weighted by atomic mass is 79.9. The number of thioether (sulfide) groups is 1. The number of fused-ring (bicyclic) bond motifs is 1. The zero-order chi connectivity index (χ0) is 17.2. The fourth-order valence-electron chi connectivity index (χ4n) is 2.15. The van der Waals surface area contributed by atoms with Crippen LogP contribution in [0.5, 0.6) is 0 Å². The molecule has 8 heteroatoms. The van der Waals surface area contributed by atoms with Gasteiger partial charge in [0.25, 0.3) is 5.91 Å². The SMILES string of the molecule is CSC[C@@](C)(O)CNC(=O)c1c[nH]c2c(Cl)cc(Br)cc2c1=O. The zero-order valence-corrected chi connectivity index (χ0v) is 15.7. The molecule has 0 radical (unpaired) electrons. The average Bonchev–Trinajstić information content (AvgIpc) is 2.46. The van der Waals surface area contributed by atoms with Crippen molar-refractivity contribution < 1.29 is 9.90 Å². The van der Waals surface area contributed by atoms with Crippen molar-refractivity contribution in [3.8, 4) is 0 Å². The van der Waals surface area contributed by atoms with Crippen LogP contribution in [0.3, 0.4) is 0 Å². The third-order valence-corrected chi connectivity index (χ3v) is 4.90. The number of hydrogen-bond donors (Lipinski definition) is 3. The molecule has 1 aromatic heterocycles. The first-order valence-corrected chi connectivity index (χ1v) is 9.31. The number of hydrogen-bond acceptors (Lipinski definition) is 4. The van der Waals surface area contributed by atoms with E-state index in [1.165, 1.54) is 18.0 Å². The van der Waals surface area contributed by atoms with E-state index in [1.807, 2.05) is 6.26 Å². The summed E-state index contributed by atoms with van der Waals surface area (Å²) in [4.78, 5) is 27.6. The topological polar surface area (TPSA) is 82.2 Å². The van der Waals surface area contributed by atoms with Gasteiger partial charge in [0.2, 0.25) is 5.43 Å². The number of carbonyl (C=O) groups is 1. The van der Waals surface area contributed by atoms with E-state index in [9.17, 15) is 14.7 Å². The van der Waals surface area contributed by atoms with E-state index in [2.05, 4.69) is 26.2 Å². The summed E-state index contributed by atoms with van der Waals surface area (Å²) < 4.78 is 0.654. The fraction of sp³-hybridized carbons (Fsp3) is 0.333. The molecule has 0 aliphatic heterocycles. The molecule has 1 amide bonds. The summed E-state index contributed by atoms with van der Waals surface area (Å²) in [5.74, 6) is -0.0604. The molecule has 2 rings (SSSR count). The molecule has 0 aliphatic rings. The summed E-state index contributed by atoms with van der Waals surface area (Å²) in [6, 6.07) is 3.28. The number of rotatable bonds is 5. The van der Waals surface area contributed by atoms with Gasteiger partial charge < -0.3 is 15.4 Å². The summed E-state index contributed by atoms with van der Waals surface area (Å²) in [6.45, 7) is 1.69. The summed E-state index contributed by atoms with van der Waals surface area (Å²) in [7, 11) is 0. The molecule has 0 aliphatic carbocycles. The molecule has 5 nitrogen and oxygen atoms in total. The molecule has 1 atom stereocenters. The van der Waals surface area contributed by atoms with Crippen molar-refractivity contribution in [3.63, 3.8) is 0 Å². The Morgan fingerprint density at radius 2 is 2.22 bits per heavy atom. The third-order valence-electron chi connectivity index (χ3n) is 3.23. The molecular weight excluding hydrogens is 404 g/mol. The van der Waals surface area contributed by atoms with Crippen LogP contribution in [0.1, 0.15) is 17.3 Å². The van der Waals surface area contributed by atoms with Gasteiger partial charge in [-0.05, 0) is 25.3 Å². The smallest absolute Gasteiger partial charge is 0.256 e. The van der Waals surface area contributed by atoms with Crippen molar-refractivity contribution >= 4 is 56.1 Å². The first-order chi connectivity index (χ1) is 10.7. The van der Waals surface area contributed by atoms with Gasteiger partial charge in [-0.25, -0.2) is 0 Å². The van der Waals surface area contributed by atoms with Crippen molar-refractivity contribution in [2.45, 2.75) is 12.5 Å². The lowest BCUT2D eigenvalue weighted by molar-refractivity contribution is 0.0724. The van der Waals surface area contributed by atoms with Crippen molar-refractivity contribution in [2.24, 2.45) is 0 Å². The summed E-state index contributed by atoms with van der Waals surface area (Å²) in [5, 5.41) is 13.4. The second-order valence-corrected chi connectivity index (χ2v) is 7.64. The molecule has 0 spiro atoms. The number of halogens is 2. The monoisotopic (exact) mass is 418 g/mol. The van der Waals surface area contributed by atoms with Crippen LogP contribution in [0, 0.1) is 0 Å². The Labute approximate surface area is 150 Å². The number of amides is 1. The number of H-pyrrole nitrogens is 1. The molecule has 23 heavy (non-hydrogen) atoms. The van der Waals surface area contributed by atoms with Crippen molar-refractivity contribution in [1.82, 2.24) is 10.3 Å². The van der Waals surface area contributed by atoms with Crippen LogP contribution >= 0.6 is 39.3 Å². The Hall–Kier alpha value is -1.02. The zero-order valence-electron chi connectivity index (χ0n) is 12.6. The van der Waals surface area contributed by atoms with Crippen LogP contribution in [-0.2, 0) is 0 Å². The number of nitrogens with one attached hydrogen (secondary N) is 2. The van der Waals surface area contributed by atoms with Crippen LogP contribution in [0.4, 0.5) is 0 Å². The highest BCUT2D eigenvalue weighted by Gasteiger charge is 2.22. The van der Waals surface area contributed by atoms with Crippen LogP contribution in [0.25, 0.3) is 10.9 Å². The minimum Gasteiger partial charge on any atom is -0.387 e. The maximum atomic E-state index is 12.5.